The van der Waals surface area contributed by atoms with E-state index < -0.39 is 0 Å². The smallest absolute Gasteiger partial charge is 0.255 e. The fourth-order valence-corrected chi connectivity index (χ4v) is 4.00. The highest BCUT2D eigenvalue weighted by Crippen LogP contribution is 2.21. The minimum atomic E-state index is -0.268. The molecule has 168 valence electrons. The van der Waals surface area contributed by atoms with Gasteiger partial charge < -0.3 is 14.8 Å². The molecule has 1 aliphatic rings. The number of hydrogen-bond donors (Lipinski definition) is 1. The summed E-state index contributed by atoms with van der Waals surface area (Å²) in [6.07, 6.45) is 1.40. The Morgan fingerprint density at radius 1 is 0.758 bits per heavy atom. The van der Waals surface area contributed by atoms with Gasteiger partial charge in [0.25, 0.3) is 11.8 Å². The Labute approximate surface area is 191 Å². The second-order valence-electron chi connectivity index (χ2n) is 8.22. The lowest BCUT2D eigenvalue weighted by atomic mass is 9.94. The number of piperazine rings is 1. The standard InChI is InChI=1S/C26H25N3O4/c1-17-7-8-18(2)22(15-17)24(31)20-5-3-4-6-21(20)26(33)29-13-11-28(12-14-29)25(32)19-9-10-23(30)27-16-19/h3-10,15-16H,11-14H2,1-2H3,(H,27,30). The molecule has 1 aromatic heterocycles. The minimum Gasteiger partial charge on any atom is -0.335 e. The first-order valence-corrected chi connectivity index (χ1v) is 10.8. The molecule has 1 N–H and O–H groups in total. The molecule has 7 heteroatoms. The molecular formula is C26H25N3O4. The van der Waals surface area contributed by atoms with Crippen LogP contribution in [-0.4, -0.2) is 58.6 Å². The van der Waals surface area contributed by atoms with Crippen molar-refractivity contribution in [1.82, 2.24) is 14.8 Å². The van der Waals surface area contributed by atoms with Gasteiger partial charge in [0.05, 0.1) is 11.1 Å². The summed E-state index contributed by atoms with van der Waals surface area (Å²) >= 11 is 0. The van der Waals surface area contributed by atoms with Crippen molar-refractivity contribution in [3.05, 3.63) is 105 Å². The quantitative estimate of drug-likeness (QED) is 0.628. The van der Waals surface area contributed by atoms with Crippen LogP contribution in [0.25, 0.3) is 0 Å². The summed E-state index contributed by atoms with van der Waals surface area (Å²) < 4.78 is 0. The summed E-state index contributed by atoms with van der Waals surface area (Å²) in [5.74, 6) is -0.587. The Morgan fingerprint density at radius 2 is 1.39 bits per heavy atom. The molecule has 1 aliphatic heterocycles. The Kier molecular flexibility index (Phi) is 6.22. The molecule has 4 rings (SSSR count). The highest BCUT2D eigenvalue weighted by atomic mass is 16.2. The number of aromatic amines is 1. The highest BCUT2D eigenvalue weighted by molar-refractivity contribution is 6.16. The normalized spacial score (nSPS) is 13.6. The lowest BCUT2D eigenvalue weighted by molar-refractivity contribution is 0.0534. The number of ketones is 1. The van der Waals surface area contributed by atoms with Gasteiger partial charge in [-0.3, -0.25) is 19.2 Å². The summed E-state index contributed by atoms with van der Waals surface area (Å²) in [7, 11) is 0. The average Bonchev–Trinajstić information content (AvgIpc) is 2.85. The van der Waals surface area contributed by atoms with Crippen molar-refractivity contribution in [2.75, 3.05) is 26.2 Å². The highest BCUT2D eigenvalue weighted by Gasteiger charge is 2.28. The molecule has 0 radical (unpaired) electrons. The summed E-state index contributed by atoms with van der Waals surface area (Å²) in [5, 5.41) is 0. The topological polar surface area (TPSA) is 90.6 Å². The van der Waals surface area contributed by atoms with Crippen LogP contribution in [0.3, 0.4) is 0 Å². The minimum absolute atomic E-state index is 0.174. The van der Waals surface area contributed by atoms with E-state index in [1.165, 1.54) is 18.3 Å². The number of amides is 2. The number of carbonyl (C=O) groups excluding carboxylic acids is 3. The second-order valence-corrected chi connectivity index (χ2v) is 8.22. The number of nitrogens with one attached hydrogen (secondary N) is 1. The third-order valence-electron chi connectivity index (χ3n) is 5.93. The molecule has 0 spiro atoms. The fourth-order valence-electron chi connectivity index (χ4n) is 4.00. The van der Waals surface area contributed by atoms with Crippen LogP contribution >= 0.6 is 0 Å². The fraction of sp³-hybridized carbons (Fsp3) is 0.231. The molecule has 2 amide bonds. The number of rotatable bonds is 4. The van der Waals surface area contributed by atoms with Crippen molar-refractivity contribution in [2.45, 2.75) is 13.8 Å². The summed E-state index contributed by atoms with van der Waals surface area (Å²) in [6.45, 7) is 5.28. The van der Waals surface area contributed by atoms with Gasteiger partial charge in [-0.1, -0.05) is 35.9 Å². The monoisotopic (exact) mass is 443 g/mol. The van der Waals surface area contributed by atoms with E-state index in [0.29, 0.717) is 48.4 Å². The zero-order chi connectivity index (χ0) is 23.5. The lowest BCUT2D eigenvalue weighted by Gasteiger charge is -2.35. The van der Waals surface area contributed by atoms with E-state index in [1.54, 1.807) is 34.1 Å². The van der Waals surface area contributed by atoms with Crippen molar-refractivity contribution in [1.29, 1.82) is 0 Å². The van der Waals surface area contributed by atoms with Gasteiger partial charge in [0.15, 0.2) is 5.78 Å². The molecule has 33 heavy (non-hydrogen) atoms. The molecule has 1 fully saturated rings. The molecule has 3 aromatic rings. The van der Waals surface area contributed by atoms with E-state index in [-0.39, 0.29) is 23.2 Å². The Morgan fingerprint density at radius 3 is 2.03 bits per heavy atom. The molecule has 7 nitrogen and oxygen atoms in total. The van der Waals surface area contributed by atoms with Gasteiger partial charge in [0.2, 0.25) is 5.56 Å². The van der Waals surface area contributed by atoms with E-state index in [4.69, 9.17) is 0 Å². The third kappa shape index (κ3) is 4.62. The van der Waals surface area contributed by atoms with E-state index in [9.17, 15) is 19.2 Å². The number of carbonyl (C=O) groups is 3. The van der Waals surface area contributed by atoms with E-state index in [2.05, 4.69) is 4.98 Å². The number of pyridine rings is 1. The van der Waals surface area contributed by atoms with E-state index in [0.717, 1.165) is 11.1 Å². The number of benzene rings is 2. The van der Waals surface area contributed by atoms with Crippen molar-refractivity contribution in [2.24, 2.45) is 0 Å². The van der Waals surface area contributed by atoms with Gasteiger partial charge in [-0.05, 0) is 37.6 Å². The van der Waals surface area contributed by atoms with Gasteiger partial charge in [0, 0.05) is 49.6 Å². The number of aromatic nitrogens is 1. The number of H-pyrrole nitrogens is 1. The molecule has 0 aliphatic carbocycles. The van der Waals surface area contributed by atoms with Crippen LogP contribution in [-0.2, 0) is 0 Å². The number of aryl methyl sites for hydroxylation is 2. The molecule has 2 heterocycles. The van der Waals surface area contributed by atoms with Gasteiger partial charge in [-0.15, -0.1) is 0 Å². The van der Waals surface area contributed by atoms with Crippen molar-refractivity contribution < 1.29 is 14.4 Å². The van der Waals surface area contributed by atoms with Gasteiger partial charge in [-0.2, -0.15) is 0 Å². The van der Waals surface area contributed by atoms with E-state index in [1.807, 2.05) is 32.0 Å². The summed E-state index contributed by atoms with van der Waals surface area (Å²) in [4.78, 5) is 56.4. The van der Waals surface area contributed by atoms with E-state index >= 15 is 0 Å². The maximum atomic E-state index is 13.3. The van der Waals surface area contributed by atoms with Crippen LogP contribution in [0.15, 0.2) is 65.6 Å². The molecule has 0 unspecified atom stereocenters. The van der Waals surface area contributed by atoms with Crippen LogP contribution in [0.2, 0.25) is 0 Å². The Hall–Kier alpha value is -4.00. The Bertz CT molecular complexity index is 1270. The van der Waals surface area contributed by atoms with Crippen molar-refractivity contribution >= 4 is 17.6 Å². The number of nitrogens with zero attached hydrogens (tertiary/aromatic N) is 2. The second kappa shape index (κ2) is 9.24. The van der Waals surface area contributed by atoms with Crippen molar-refractivity contribution in [3.8, 4) is 0 Å². The average molecular weight is 444 g/mol. The van der Waals surface area contributed by atoms with Gasteiger partial charge >= 0.3 is 0 Å². The van der Waals surface area contributed by atoms with Crippen LogP contribution in [0, 0.1) is 13.8 Å². The third-order valence-corrected chi connectivity index (χ3v) is 5.93. The lowest BCUT2D eigenvalue weighted by Crippen LogP contribution is -2.50. The molecular weight excluding hydrogens is 418 g/mol. The van der Waals surface area contributed by atoms with Crippen LogP contribution in [0.5, 0.6) is 0 Å². The predicted octanol–water partition coefficient (Wildman–Crippen LogP) is 2.82. The molecule has 0 atom stereocenters. The molecule has 0 bridgehead atoms. The summed E-state index contributed by atoms with van der Waals surface area (Å²) in [6, 6.07) is 15.4. The SMILES string of the molecule is Cc1ccc(C)c(C(=O)c2ccccc2C(=O)N2CCN(C(=O)c3ccc(=O)[nH]c3)CC2)c1. The first-order valence-electron chi connectivity index (χ1n) is 10.8. The zero-order valence-electron chi connectivity index (χ0n) is 18.6. The van der Waals surface area contributed by atoms with Crippen LogP contribution in [0.4, 0.5) is 0 Å². The van der Waals surface area contributed by atoms with Gasteiger partial charge in [0.1, 0.15) is 0 Å². The maximum absolute atomic E-state index is 13.3. The summed E-state index contributed by atoms with van der Waals surface area (Å²) in [5.41, 5.74) is 3.31. The number of hydrogen-bond acceptors (Lipinski definition) is 4. The van der Waals surface area contributed by atoms with Crippen molar-refractivity contribution in [3.63, 3.8) is 0 Å². The Balaban J connectivity index is 1.50. The van der Waals surface area contributed by atoms with Gasteiger partial charge in [-0.25, -0.2) is 0 Å². The zero-order valence-corrected chi connectivity index (χ0v) is 18.6. The molecule has 2 aromatic carbocycles. The largest absolute Gasteiger partial charge is 0.335 e. The first kappa shape index (κ1) is 22.2. The predicted molar refractivity (Wildman–Crippen MR) is 125 cm³/mol. The van der Waals surface area contributed by atoms with Crippen LogP contribution < -0.4 is 5.56 Å². The maximum Gasteiger partial charge on any atom is 0.255 e. The van der Waals surface area contributed by atoms with Crippen LogP contribution in [0.1, 0.15) is 47.8 Å². The molecule has 0 saturated carbocycles. The molecule has 1 saturated heterocycles. The first-order chi connectivity index (χ1) is 15.8.